The van der Waals surface area contributed by atoms with E-state index in [1.54, 1.807) is 0 Å². The van der Waals surface area contributed by atoms with Gasteiger partial charge in [-0.25, -0.2) is 0 Å². The van der Waals surface area contributed by atoms with Crippen LogP contribution in [0.15, 0.2) is 48.5 Å². The summed E-state index contributed by atoms with van der Waals surface area (Å²) < 4.78 is 0. The van der Waals surface area contributed by atoms with Crippen LogP contribution in [0, 0.1) is 0 Å². The molecule has 1 aliphatic carbocycles. The number of rotatable bonds is 5. The van der Waals surface area contributed by atoms with Gasteiger partial charge in [0.1, 0.15) is 0 Å². The summed E-state index contributed by atoms with van der Waals surface area (Å²) in [5, 5.41) is 1.18. The lowest BCUT2D eigenvalue weighted by Gasteiger charge is -2.27. The highest BCUT2D eigenvalue weighted by Crippen LogP contribution is 2.51. The van der Waals surface area contributed by atoms with Crippen LogP contribution in [-0.4, -0.2) is 6.04 Å². The second kappa shape index (κ2) is 5.98. The predicted molar refractivity (Wildman–Crippen MR) is 88.6 cm³/mol. The molecule has 110 valence electrons. The van der Waals surface area contributed by atoms with E-state index in [1.165, 1.54) is 5.56 Å². The molecule has 3 rings (SSSR count). The molecule has 0 heterocycles. The van der Waals surface area contributed by atoms with Crippen molar-refractivity contribution in [3.05, 3.63) is 69.7 Å². The van der Waals surface area contributed by atoms with Crippen LogP contribution in [0.3, 0.4) is 0 Å². The summed E-state index contributed by atoms with van der Waals surface area (Å²) in [5.74, 6) is 5.84. The minimum absolute atomic E-state index is 0.141. The molecule has 0 spiro atoms. The van der Waals surface area contributed by atoms with E-state index in [2.05, 4.69) is 29.7 Å². The molecule has 3 N–H and O–H groups in total. The highest BCUT2D eigenvalue weighted by atomic mass is 35.5. The van der Waals surface area contributed by atoms with Gasteiger partial charge in [0, 0.05) is 11.5 Å². The molecule has 2 aromatic carbocycles. The number of hydrazine groups is 1. The Hall–Kier alpha value is -1.06. The molecule has 2 aromatic rings. The van der Waals surface area contributed by atoms with E-state index >= 15 is 0 Å². The summed E-state index contributed by atoms with van der Waals surface area (Å²) in [5.41, 5.74) is 5.65. The van der Waals surface area contributed by atoms with Crippen LogP contribution < -0.4 is 11.3 Å². The van der Waals surface area contributed by atoms with Crippen molar-refractivity contribution in [2.24, 2.45) is 5.84 Å². The van der Waals surface area contributed by atoms with Crippen molar-refractivity contribution in [2.45, 2.75) is 30.7 Å². The third-order valence-electron chi connectivity index (χ3n) is 4.43. The van der Waals surface area contributed by atoms with Gasteiger partial charge in [0.25, 0.3) is 0 Å². The van der Waals surface area contributed by atoms with Crippen molar-refractivity contribution >= 4 is 23.2 Å². The van der Waals surface area contributed by atoms with E-state index in [1.807, 2.05) is 24.3 Å². The number of nitrogens with two attached hydrogens (primary N) is 1. The molecule has 1 unspecified atom stereocenters. The second-order valence-electron chi connectivity index (χ2n) is 5.69. The fourth-order valence-corrected chi connectivity index (χ4v) is 3.38. The first kappa shape index (κ1) is 14.9. The SMILES string of the molecule is NNC(Cc1ccc(Cl)c(Cl)c1)C1(c2ccccc2)CC1. The minimum atomic E-state index is 0.141. The van der Waals surface area contributed by atoms with Crippen LogP contribution in [0.25, 0.3) is 0 Å². The van der Waals surface area contributed by atoms with Gasteiger partial charge < -0.3 is 0 Å². The van der Waals surface area contributed by atoms with E-state index in [0.29, 0.717) is 10.0 Å². The van der Waals surface area contributed by atoms with E-state index in [0.717, 1.165) is 24.8 Å². The van der Waals surface area contributed by atoms with Crippen LogP contribution in [-0.2, 0) is 11.8 Å². The molecule has 0 radical (unpaired) electrons. The lowest BCUT2D eigenvalue weighted by Crippen LogP contribution is -2.45. The van der Waals surface area contributed by atoms with Crippen LogP contribution in [0.2, 0.25) is 10.0 Å². The number of nitrogens with one attached hydrogen (secondary N) is 1. The molecule has 21 heavy (non-hydrogen) atoms. The molecule has 1 aliphatic rings. The smallest absolute Gasteiger partial charge is 0.0595 e. The van der Waals surface area contributed by atoms with Gasteiger partial charge >= 0.3 is 0 Å². The fourth-order valence-electron chi connectivity index (χ4n) is 3.06. The van der Waals surface area contributed by atoms with Crippen molar-refractivity contribution < 1.29 is 0 Å². The lowest BCUT2D eigenvalue weighted by atomic mass is 9.85. The third-order valence-corrected chi connectivity index (χ3v) is 5.17. The molecular weight excluding hydrogens is 303 g/mol. The molecule has 0 amide bonds. The third kappa shape index (κ3) is 2.95. The normalized spacial score (nSPS) is 17.5. The van der Waals surface area contributed by atoms with E-state index in [9.17, 15) is 0 Å². The zero-order valence-corrected chi connectivity index (χ0v) is 13.2. The van der Waals surface area contributed by atoms with E-state index in [4.69, 9.17) is 29.0 Å². The highest BCUT2D eigenvalue weighted by molar-refractivity contribution is 6.42. The topological polar surface area (TPSA) is 38.0 Å². The molecule has 1 fully saturated rings. The molecule has 0 bridgehead atoms. The maximum Gasteiger partial charge on any atom is 0.0595 e. The fraction of sp³-hybridized carbons (Fsp3) is 0.294. The molecule has 1 saturated carbocycles. The standard InChI is InChI=1S/C17H18Cl2N2/c18-14-7-6-12(10-15(14)19)11-16(21-20)17(8-9-17)13-4-2-1-3-5-13/h1-7,10,16,21H,8-9,11,20H2. The monoisotopic (exact) mass is 320 g/mol. The van der Waals surface area contributed by atoms with Crippen molar-refractivity contribution in [1.29, 1.82) is 0 Å². The summed E-state index contributed by atoms with van der Waals surface area (Å²) in [6.07, 6.45) is 3.16. The molecule has 0 aromatic heterocycles. The van der Waals surface area contributed by atoms with Crippen molar-refractivity contribution in [2.75, 3.05) is 0 Å². The number of halogens is 2. The average molecular weight is 321 g/mol. The largest absolute Gasteiger partial charge is 0.271 e. The summed E-state index contributed by atoms with van der Waals surface area (Å²) in [6.45, 7) is 0. The lowest BCUT2D eigenvalue weighted by molar-refractivity contribution is 0.421. The van der Waals surface area contributed by atoms with Crippen molar-refractivity contribution in [3.8, 4) is 0 Å². The molecule has 0 aliphatic heterocycles. The van der Waals surface area contributed by atoms with Gasteiger partial charge in [0.05, 0.1) is 10.0 Å². The summed E-state index contributed by atoms with van der Waals surface area (Å²) >= 11 is 12.1. The van der Waals surface area contributed by atoms with Gasteiger partial charge in [-0.1, -0.05) is 59.6 Å². The molecule has 2 nitrogen and oxygen atoms in total. The Morgan fingerprint density at radius 1 is 1.05 bits per heavy atom. The van der Waals surface area contributed by atoms with E-state index in [-0.39, 0.29) is 11.5 Å². The maximum atomic E-state index is 6.10. The Bertz CT molecular complexity index is 624. The van der Waals surface area contributed by atoms with Gasteiger partial charge in [-0.3, -0.25) is 11.3 Å². The molecule has 0 saturated heterocycles. The predicted octanol–water partition coefficient (Wildman–Crippen LogP) is 4.10. The summed E-state index contributed by atoms with van der Waals surface area (Å²) in [6, 6.07) is 16.6. The first-order valence-corrected chi connectivity index (χ1v) is 7.87. The first-order valence-electron chi connectivity index (χ1n) is 7.11. The Morgan fingerprint density at radius 2 is 1.76 bits per heavy atom. The Morgan fingerprint density at radius 3 is 2.33 bits per heavy atom. The van der Waals surface area contributed by atoms with Crippen LogP contribution in [0.4, 0.5) is 0 Å². The van der Waals surface area contributed by atoms with Crippen molar-refractivity contribution in [1.82, 2.24) is 5.43 Å². The Labute approximate surface area is 135 Å². The van der Waals surface area contributed by atoms with Gasteiger partial charge in [0.15, 0.2) is 0 Å². The van der Waals surface area contributed by atoms with Crippen LogP contribution >= 0.6 is 23.2 Å². The molecule has 1 atom stereocenters. The Balaban J connectivity index is 1.84. The van der Waals surface area contributed by atoms with Gasteiger partial charge in [-0.15, -0.1) is 0 Å². The summed E-state index contributed by atoms with van der Waals surface area (Å²) in [4.78, 5) is 0. The Kier molecular flexibility index (Phi) is 4.23. The minimum Gasteiger partial charge on any atom is -0.271 e. The van der Waals surface area contributed by atoms with Gasteiger partial charge in [-0.2, -0.15) is 0 Å². The average Bonchev–Trinajstić information content (AvgIpc) is 3.31. The zero-order chi connectivity index (χ0) is 14.9. The van der Waals surface area contributed by atoms with Crippen LogP contribution in [0.1, 0.15) is 24.0 Å². The number of hydrogen-bond acceptors (Lipinski definition) is 2. The first-order chi connectivity index (χ1) is 10.2. The summed E-state index contributed by atoms with van der Waals surface area (Å²) in [7, 11) is 0. The quantitative estimate of drug-likeness (QED) is 0.643. The van der Waals surface area contributed by atoms with Crippen LogP contribution in [0.5, 0.6) is 0 Å². The molecule has 4 heteroatoms. The van der Waals surface area contributed by atoms with Gasteiger partial charge in [-0.05, 0) is 42.5 Å². The second-order valence-corrected chi connectivity index (χ2v) is 6.51. The molecular formula is C17H18Cl2N2. The maximum absolute atomic E-state index is 6.10. The zero-order valence-electron chi connectivity index (χ0n) is 11.7. The van der Waals surface area contributed by atoms with E-state index < -0.39 is 0 Å². The van der Waals surface area contributed by atoms with Gasteiger partial charge in [0.2, 0.25) is 0 Å². The van der Waals surface area contributed by atoms with Crippen molar-refractivity contribution in [3.63, 3.8) is 0 Å². The number of benzene rings is 2. The highest BCUT2D eigenvalue weighted by Gasteiger charge is 2.50. The number of hydrogen-bond donors (Lipinski definition) is 2.